The second-order valence-electron chi connectivity index (χ2n) is 21.4. The zero-order chi connectivity index (χ0) is 65.8. The van der Waals surface area contributed by atoms with Gasteiger partial charge in [0.05, 0.1) is 56.0 Å². The Balaban J connectivity index is 1.72. The van der Waals surface area contributed by atoms with Crippen LogP contribution < -0.4 is 65.1 Å². The second kappa shape index (κ2) is 36.9. The molecule has 0 aliphatic carbocycles. The molecule has 1 aromatic heterocycles. The van der Waals surface area contributed by atoms with Gasteiger partial charge in [0.15, 0.2) is 11.3 Å². The maximum absolute atomic E-state index is 14.5. The number of rotatable bonds is 24. The van der Waals surface area contributed by atoms with E-state index in [2.05, 4.69) is 63.2 Å². The minimum Gasteiger partial charge on any atom is -0.481 e. The van der Waals surface area contributed by atoms with Crippen molar-refractivity contribution >= 4 is 120 Å². The van der Waals surface area contributed by atoms with Crippen molar-refractivity contribution in [3.05, 3.63) is 47.8 Å². The summed E-state index contributed by atoms with van der Waals surface area (Å²) >= 11 is 0. The summed E-state index contributed by atoms with van der Waals surface area (Å²) in [7, 11) is 2.80. The van der Waals surface area contributed by atoms with Crippen LogP contribution in [-0.2, 0) is 86.4 Å². The largest absolute Gasteiger partial charge is 0.481 e. The van der Waals surface area contributed by atoms with Gasteiger partial charge in [0.2, 0.25) is 47.3 Å². The Labute approximate surface area is 527 Å². The lowest BCUT2D eigenvalue weighted by Crippen LogP contribution is -2.60. The van der Waals surface area contributed by atoms with Crippen LogP contribution in [-0.4, -0.2) is 216 Å². The number of nitrogens with two attached hydrogens (primary N) is 3. The zero-order valence-corrected chi connectivity index (χ0v) is 52.6. The van der Waals surface area contributed by atoms with Gasteiger partial charge in [-0.2, -0.15) is 0 Å². The summed E-state index contributed by atoms with van der Waals surface area (Å²) in [6.07, 6.45) is -0.602. The summed E-state index contributed by atoms with van der Waals surface area (Å²) in [5.41, 5.74) is 16.4. The first kappa shape index (κ1) is 74.0. The van der Waals surface area contributed by atoms with Crippen LogP contribution in [0.15, 0.2) is 41.5 Å². The van der Waals surface area contributed by atoms with Gasteiger partial charge >= 0.3 is 17.9 Å². The van der Waals surface area contributed by atoms with Gasteiger partial charge in [0.1, 0.15) is 42.3 Å². The first-order valence-electron chi connectivity index (χ1n) is 27.9. The Morgan fingerprint density at radius 2 is 1.37 bits per heavy atom. The monoisotopic (exact) mass is 1330 g/mol. The Morgan fingerprint density at radius 3 is 2.03 bits per heavy atom. The lowest BCUT2D eigenvalue weighted by atomic mass is 10.0. The van der Waals surface area contributed by atoms with Crippen molar-refractivity contribution in [2.45, 2.75) is 144 Å². The average molecular weight is 1330 g/mol. The number of ether oxygens (including phenoxy) is 2. The number of aromatic nitrogens is 3. The van der Waals surface area contributed by atoms with Crippen LogP contribution in [0, 0.1) is 0 Å². The van der Waals surface area contributed by atoms with Crippen molar-refractivity contribution in [2.75, 3.05) is 50.1 Å². The number of aryl methyl sites for hydroxylation is 1. The van der Waals surface area contributed by atoms with E-state index in [1.807, 2.05) is 27.7 Å². The van der Waals surface area contributed by atoms with Gasteiger partial charge < -0.3 is 89.8 Å². The number of hydrogen-bond acceptors (Lipinski definition) is 22. The van der Waals surface area contributed by atoms with E-state index >= 15 is 0 Å². The summed E-state index contributed by atoms with van der Waals surface area (Å²) in [6, 6.07) is -3.86. The fourth-order valence-electron chi connectivity index (χ4n) is 8.10. The maximum Gasteiger partial charge on any atom is 0.327 e. The van der Waals surface area contributed by atoms with E-state index in [4.69, 9.17) is 26.7 Å². The minimum atomic E-state index is -2.00. The van der Waals surface area contributed by atoms with Crippen LogP contribution in [0.2, 0.25) is 0 Å². The van der Waals surface area contributed by atoms with Crippen LogP contribution in [0.25, 0.3) is 0 Å². The summed E-state index contributed by atoms with van der Waals surface area (Å²) in [5.74, 6) is -16.1. The average Bonchev–Trinajstić information content (AvgIpc) is 3.45. The van der Waals surface area contributed by atoms with E-state index in [9.17, 15) is 72.9 Å². The quantitative estimate of drug-likeness (QED) is 0.0208. The van der Waals surface area contributed by atoms with Crippen LogP contribution in [0.4, 0.5) is 0 Å². The molecule has 1 aromatic carbocycles. The Morgan fingerprint density at radius 1 is 0.730 bits per heavy atom. The predicted molar refractivity (Wildman–Crippen MR) is 328 cm³/mol. The second-order valence-corrected chi connectivity index (χ2v) is 26.5. The topological polar surface area (TPSA) is 513 Å². The van der Waals surface area contributed by atoms with Crippen molar-refractivity contribution < 1.29 is 82.3 Å². The number of guanidine groups is 1. The lowest BCUT2D eigenvalue weighted by Gasteiger charge is -2.31. The van der Waals surface area contributed by atoms with Crippen LogP contribution in [0.3, 0.4) is 0 Å². The number of carbonyl (C=O) groups is 12. The normalized spacial score (nSPS) is 22.7. The van der Waals surface area contributed by atoms with Crippen LogP contribution in [0.5, 0.6) is 0 Å². The minimum absolute atomic E-state index is 0.0137. The van der Waals surface area contributed by atoms with E-state index in [0.717, 1.165) is 21.6 Å². The summed E-state index contributed by atoms with van der Waals surface area (Å²) in [4.78, 5) is 167. The Bertz CT molecular complexity index is 2830. The molecule has 2 aliphatic rings. The van der Waals surface area contributed by atoms with Crippen molar-refractivity contribution in [1.29, 1.82) is 0 Å². The third-order valence-electron chi connectivity index (χ3n) is 12.9. The lowest BCUT2D eigenvalue weighted by molar-refractivity contribution is -0.142. The number of hydrogen-bond donors (Lipinski definition) is 15. The highest BCUT2D eigenvalue weighted by Crippen LogP contribution is 2.28. The van der Waals surface area contributed by atoms with E-state index in [1.54, 1.807) is 36.5 Å². The smallest absolute Gasteiger partial charge is 0.327 e. The fraction of sp³-hybridized carbons (Fsp3) is 0.596. The number of benzene rings is 1. The summed E-state index contributed by atoms with van der Waals surface area (Å²) < 4.78 is 13.6. The molecule has 8 unspecified atom stereocenters. The molecule has 2 aromatic rings. The molecular formula is C52H78N16O17S4. The molecule has 33 nitrogen and oxygen atoms in total. The van der Waals surface area contributed by atoms with Gasteiger partial charge in [-0.1, -0.05) is 78.7 Å². The highest BCUT2D eigenvalue weighted by Gasteiger charge is 2.37. The first-order valence-corrected chi connectivity index (χ1v) is 32.7. The van der Waals surface area contributed by atoms with Crippen molar-refractivity contribution in [2.24, 2.45) is 22.2 Å². The summed E-state index contributed by atoms with van der Waals surface area (Å²) in [6.45, 7) is 7.94. The SMILES string of the molecule is CC(C)(CCN)OCC(C)(C)OCCn1cc(CCC(=O)NC2CSSCC(C(=O)O)NC(=O)C(Cc3ccccc3)NC(=O)C3CSSC(NC(=O)C(CC(=O)O)NC2=O)C(=O)NC(CCCN=C(N)N)C(=O)NCC(=O)NC(CC(=O)O)C(=O)N3)nn1. The number of nitrogens with zero attached hydrogens (tertiary/aromatic N) is 4. The predicted octanol–water partition coefficient (Wildman–Crippen LogP) is -3.78. The molecule has 0 radical (unpaired) electrons. The van der Waals surface area contributed by atoms with E-state index in [1.165, 1.54) is 4.68 Å². The number of aliphatic imine (C=N–C) groups is 1. The molecule has 9 amide bonds. The van der Waals surface area contributed by atoms with Gasteiger partial charge in [-0.05, 0) is 59.1 Å². The van der Waals surface area contributed by atoms with Crippen molar-refractivity contribution in [1.82, 2.24) is 62.8 Å². The molecule has 0 spiro atoms. The summed E-state index contributed by atoms with van der Waals surface area (Å²) in [5, 5.41) is 58.0. The molecule has 2 fully saturated rings. The molecular weight excluding hydrogens is 1250 g/mol. The van der Waals surface area contributed by atoms with Crippen LogP contribution >= 0.6 is 43.2 Å². The Kier molecular flexibility index (Phi) is 30.7. The van der Waals surface area contributed by atoms with E-state index < -0.39 is 161 Å². The molecule has 89 heavy (non-hydrogen) atoms. The fourth-order valence-corrected chi connectivity index (χ4v) is 12.8. The molecule has 2 aliphatic heterocycles. The first-order chi connectivity index (χ1) is 42.0. The van der Waals surface area contributed by atoms with Crippen LogP contribution in [0.1, 0.15) is 77.5 Å². The number of nitrogens with one attached hydrogen (secondary N) is 9. The third kappa shape index (κ3) is 27.9. The molecule has 3 heterocycles. The third-order valence-corrected chi connectivity index (χ3v) is 17.8. The number of amides is 9. The standard InChI is InChI=1S/C52H78N16O17S4/c1-51(2,14-15-53)85-27-52(3,4)84-18-17-68-23-29(66-67-68)12-13-37(69)59-34-24-86-87-26-36(49(82)83)64-42(76)31(19-28-9-6-5-7-10-28)61-46(80)35-25-88-89-48(65-44(78)33(21-40(73)74)62-45(34)79)47(81)60-30(11-8-16-56-50(54)55)41(75)57-22-38(70)58-32(20-39(71)72)43(77)63-35/h5-7,9-10,23,30-36,48H,8,11-22,24-27,53H2,1-4H3,(H,57,75)(H,58,70)(H,59,69)(H,60,81)(H,61,80)(H,62,79)(H,63,77)(H,64,76)(H,65,78)(H,71,72)(H,73,74)(H,82,83)(H4,54,55,56). The number of carboxylic acid groups (broad SMARTS) is 3. The highest BCUT2D eigenvalue weighted by molar-refractivity contribution is 8.77. The molecule has 492 valence electrons. The molecule has 4 rings (SSSR count). The van der Waals surface area contributed by atoms with E-state index in [-0.39, 0.29) is 63.5 Å². The number of fused-ring (bicyclic) bond motifs is 4. The molecule has 0 saturated carbocycles. The van der Waals surface area contributed by atoms with Crippen molar-refractivity contribution in [3.63, 3.8) is 0 Å². The van der Waals surface area contributed by atoms with Gasteiger partial charge in [-0.25, -0.2) is 9.48 Å². The highest BCUT2D eigenvalue weighted by atomic mass is 33.1. The van der Waals surface area contributed by atoms with Gasteiger partial charge in [0.25, 0.3) is 5.91 Å². The molecule has 2 saturated heterocycles. The maximum atomic E-state index is 14.5. The number of carboxylic acids is 3. The van der Waals surface area contributed by atoms with E-state index in [0.29, 0.717) is 52.4 Å². The van der Waals surface area contributed by atoms with Gasteiger partial charge in [-0.15, -0.1) is 5.10 Å². The molecule has 18 N–H and O–H groups in total. The Hall–Kier alpha value is -7.45. The molecule has 2 bridgehead atoms. The number of carbonyl (C=O) groups excluding carboxylic acids is 9. The van der Waals surface area contributed by atoms with Gasteiger partial charge in [0, 0.05) is 49.3 Å². The molecule has 37 heteroatoms. The number of aliphatic carboxylic acids is 3. The molecule has 8 atom stereocenters. The van der Waals surface area contributed by atoms with Crippen molar-refractivity contribution in [3.8, 4) is 0 Å². The van der Waals surface area contributed by atoms with Gasteiger partial charge in [-0.3, -0.25) is 57.7 Å². The zero-order valence-electron chi connectivity index (χ0n) is 49.3.